The average molecular weight is 326 g/mol. The Hall–Kier alpha value is -1.57. The van der Waals surface area contributed by atoms with Crippen LogP contribution < -0.4 is 14.8 Å². The predicted molar refractivity (Wildman–Crippen MR) is 85.7 cm³/mol. The van der Waals surface area contributed by atoms with Crippen molar-refractivity contribution in [3.63, 3.8) is 0 Å². The third-order valence-electron chi connectivity index (χ3n) is 3.07. The topological polar surface area (TPSA) is 72.6 Å². The molecule has 0 amide bonds. The number of hydrogen-bond donors (Lipinski definition) is 1. The molecule has 0 aliphatic carbocycles. The van der Waals surface area contributed by atoms with Crippen molar-refractivity contribution in [1.82, 2.24) is 0 Å². The molecule has 2 N–H and O–H groups in total. The zero-order valence-electron chi connectivity index (χ0n) is 11.9. The molecule has 0 unspecified atom stereocenters. The highest BCUT2D eigenvalue weighted by molar-refractivity contribution is 7.94. The highest BCUT2D eigenvalue weighted by Gasteiger charge is 2.25. The van der Waals surface area contributed by atoms with Gasteiger partial charge < -0.3 is 10.5 Å². The van der Waals surface area contributed by atoms with Gasteiger partial charge in [0.1, 0.15) is 9.96 Å². The molecule has 7 heteroatoms. The van der Waals surface area contributed by atoms with E-state index in [4.69, 9.17) is 10.5 Å². The van der Waals surface area contributed by atoms with Gasteiger partial charge in [0.2, 0.25) is 0 Å². The number of hydrogen-bond acceptors (Lipinski definition) is 5. The van der Waals surface area contributed by atoms with Crippen LogP contribution in [0, 0.1) is 0 Å². The molecule has 0 aliphatic heterocycles. The summed E-state index contributed by atoms with van der Waals surface area (Å²) in [6.07, 6.45) is 0.679. The van der Waals surface area contributed by atoms with Crippen LogP contribution in [0.25, 0.3) is 0 Å². The van der Waals surface area contributed by atoms with E-state index in [2.05, 4.69) is 0 Å². The van der Waals surface area contributed by atoms with E-state index in [-0.39, 0.29) is 0 Å². The zero-order valence-corrected chi connectivity index (χ0v) is 13.6. The number of ether oxygens (including phenoxy) is 1. The van der Waals surface area contributed by atoms with E-state index in [0.717, 1.165) is 4.88 Å². The lowest BCUT2D eigenvalue weighted by atomic mass is 10.3. The molecule has 0 atom stereocenters. The third-order valence-corrected chi connectivity index (χ3v) is 6.45. The van der Waals surface area contributed by atoms with E-state index in [0.29, 0.717) is 28.6 Å². The Balaban J connectivity index is 2.37. The van der Waals surface area contributed by atoms with Crippen molar-refractivity contribution in [3.05, 3.63) is 41.3 Å². The molecule has 1 aromatic carbocycles. The Morgan fingerprint density at radius 1 is 1.24 bits per heavy atom. The molecule has 0 saturated heterocycles. The van der Waals surface area contributed by atoms with Crippen molar-refractivity contribution in [3.8, 4) is 5.75 Å². The van der Waals surface area contributed by atoms with Crippen LogP contribution in [-0.2, 0) is 16.4 Å². The number of nitrogens with two attached hydrogens (primary N) is 1. The van der Waals surface area contributed by atoms with Crippen LogP contribution in [0.2, 0.25) is 0 Å². The number of para-hydroxylation sites is 2. The van der Waals surface area contributed by atoms with Crippen molar-refractivity contribution in [2.75, 3.05) is 25.0 Å². The van der Waals surface area contributed by atoms with Gasteiger partial charge in [-0.25, -0.2) is 8.42 Å². The van der Waals surface area contributed by atoms with E-state index >= 15 is 0 Å². The first-order valence-corrected chi connectivity index (χ1v) is 8.67. The van der Waals surface area contributed by atoms with E-state index < -0.39 is 10.0 Å². The molecule has 5 nitrogen and oxygen atoms in total. The minimum Gasteiger partial charge on any atom is -0.495 e. The van der Waals surface area contributed by atoms with Crippen molar-refractivity contribution in [2.24, 2.45) is 5.73 Å². The van der Waals surface area contributed by atoms with E-state index in [1.54, 1.807) is 36.4 Å². The fourth-order valence-electron chi connectivity index (χ4n) is 1.93. The van der Waals surface area contributed by atoms with Gasteiger partial charge in [0.05, 0.1) is 12.8 Å². The highest BCUT2D eigenvalue weighted by Crippen LogP contribution is 2.33. The summed E-state index contributed by atoms with van der Waals surface area (Å²) in [5.74, 6) is 0.516. The normalized spacial score (nSPS) is 11.4. The summed E-state index contributed by atoms with van der Waals surface area (Å²) in [4.78, 5) is 0.963. The lowest BCUT2D eigenvalue weighted by molar-refractivity contribution is 0.416. The maximum atomic E-state index is 12.7. The van der Waals surface area contributed by atoms with Crippen molar-refractivity contribution in [2.45, 2.75) is 10.6 Å². The molecule has 0 fully saturated rings. The SMILES string of the molecule is COc1ccccc1N(C)S(=O)(=O)c1ccc(CCN)s1. The number of thiophene rings is 1. The molecule has 21 heavy (non-hydrogen) atoms. The molecule has 0 spiro atoms. The van der Waals surface area contributed by atoms with Gasteiger partial charge in [-0.15, -0.1) is 11.3 Å². The van der Waals surface area contributed by atoms with E-state index in [1.165, 1.54) is 29.8 Å². The zero-order chi connectivity index (χ0) is 15.5. The second-order valence-corrected chi connectivity index (χ2v) is 7.77. The number of methoxy groups -OCH3 is 1. The van der Waals surface area contributed by atoms with E-state index in [9.17, 15) is 8.42 Å². The maximum Gasteiger partial charge on any atom is 0.273 e. The first kappa shape index (κ1) is 15.8. The van der Waals surface area contributed by atoms with Gasteiger partial charge in [0, 0.05) is 11.9 Å². The van der Waals surface area contributed by atoms with Gasteiger partial charge in [-0.3, -0.25) is 4.31 Å². The first-order valence-electron chi connectivity index (χ1n) is 6.41. The van der Waals surface area contributed by atoms with Crippen LogP contribution in [-0.4, -0.2) is 29.1 Å². The van der Waals surface area contributed by atoms with Crippen molar-refractivity contribution >= 4 is 27.0 Å². The van der Waals surface area contributed by atoms with Crippen LogP contribution in [0.15, 0.2) is 40.6 Å². The molecule has 1 heterocycles. The molecule has 0 bridgehead atoms. The quantitative estimate of drug-likeness (QED) is 0.882. The Labute approximate surface area is 129 Å². The van der Waals surface area contributed by atoms with Crippen LogP contribution in [0.1, 0.15) is 4.88 Å². The lowest BCUT2D eigenvalue weighted by Gasteiger charge is -2.20. The van der Waals surface area contributed by atoms with Crippen molar-refractivity contribution < 1.29 is 13.2 Å². The van der Waals surface area contributed by atoms with Crippen LogP contribution in [0.5, 0.6) is 5.75 Å². The van der Waals surface area contributed by atoms with Crippen LogP contribution in [0.3, 0.4) is 0 Å². The smallest absolute Gasteiger partial charge is 0.273 e. The number of nitrogens with zero attached hydrogens (tertiary/aromatic N) is 1. The fraction of sp³-hybridized carbons (Fsp3) is 0.286. The average Bonchev–Trinajstić information content (AvgIpc) is 2.96. The van der Waals surface area contributed by atoms with Gasteiger partial charge >= 0.3 is 0 Å². The molecule has 2 aromatic rings. The Kier molecular flexibility index (Phi) is 4.87. The monoisotopic (exact) mass is 326 g/mol. The summed E-state index contributed by atoms with van der Waals surface area (Å²) in [6.45, 7) is 0.502. The second-order valence-electron chi connectivity index (χ2n) is 4.40. The Bertz CT molecular complexity index is 711. The van der Waals surface area contributed by atoms with Gasteiger partial charge in [-0.1, -0.05) is 12.1 Å². The maximum absolute atomic E-state index is 12.7. The molecule has 0 radical (unpaired) electrons. The van der Waals surface area contributed by atoms with Gasteiger partial charge in [-0.2, -0.15) is 0 Å². The van der Waals surface area contributed by atoms with Crippen molar-refractivity contribution in [1.29, 1.82) is 0 Å². The predicted octanol–water partition coefficient (Wildman–Crippen LogP) is 2.08. The molecule has 0 saturated carbocycles. The first-order chi connectivity index (χ1) is 10.0. The van der Waals surface area contributed by atoms with Crippen LogP contribution in [0.4, 0.5) is 5.69 Å². The number of sulfonamides is 1. The molecular weight excluding hydrogens is 308 g/mol. The standard InChI is InChI=1S/C14H18N2O3S2/c1-16(12-5-3-4-6-13(12)19-2)21(17,18)14-8-7-11(20-14)9-10-15/h3-8H,9-10,15H2,1-2H3. The summed E-state index contributed by atoms with van der Waals surface area (Å²) >= 11 is 1.25. The minimum absolute atomic E-state index is 0.305. The summed E-state index contributed by atoms with van der Waals surface area (Å²) < 4.78 is 32.1. The molecule has 114 valence electrons. The van der Waals surface area contributed by atoms with Gasteiger partial charge in [0.15, 0.2) is 0 Å². The van der Waals surface area contributed by atoms with Crippen LogP contribution >= 0.6 is 11.3 Å². The van der Waals surface area contributed by atoms with Gasteiger partial charge in [-0.05, 0) is 37.2 Å². The number of anilines is 1. The lowest BCUT2D eigenvalue weighted by Crippen LogP contribution is -2.26. The fourth-order valence-corrected chi connectivity index (χ4v) is 4.68. The Morgan fingerprint density at radius 3 is 2.62 bits per heavy atom. The number of rotatable bonds is 6. The molecule has 2 rings (SSSR count). The third kappa shape index (κ3) is 3.20. The van der Waals surface area contributed by atoms with Gasteiger partial charge in [0.25, 0.3) is 10.0 Å². The summed E-state index contributed by atoms with van der Waals surface area (Å²) in [6, 6.07) is 10.4. The Morgan fingerprint density at radius 2 is 1.95 bits per heavy atom. The minimum atomic E-state index is -3.59. The largest absolute Gasteiger partial charge is 0.495 e. The second kappa shape index (κ2) is 6.46. The summed E-state index contributed by atoms with van der Waals surface area (Å²) in [5.41, 5.74) is 6.01. The summed E-state index contributed by atoms with van der Waals surface area (Å²) in [7, 11) is -0.550. The number of benzene rings is 1. The summed E-state index contributed by atoms with van der Waals surface area (Å²) in [5, 5.41) is 0. The van der Waals surface area contributed by atoms with E-state index in [1.807, 2.05) is 0 Å². The molecule has 1 aromatic heterocycles. The molecular formula is C14H18N2O3S2. The molecule has 0 aliphatic rings. The highest BCUT2D eigenvalue weighted by atomic mass is 32.2.